The van der Waals surface area contributed by atoms with Crippen molar-refractivity contribution in [1.29, 1.82) is 0 Å². The van der Waals surface area contributed by atoms with E-state index >= 15 is 0 Å². The molecule has 0 aliphatic carbocycles. The van der Waals surface area contributed by atoms with Gasteiger partial charge in [0, 0.05) is 11.1 Å². The van der Waals surface area contributed by atoms with Crippen molar-refractivity contribution in [3.8, 4) is 28.3 Å². The zero-order chi connectivity index (χ0) is 16.9. The number of hydrogen-bond acceptors (Lipinski definition) is 4. The number of ether oxygens (including phenoxy) is 1. The maximum absolute atomic E-state index is 6.06. The second kappa shape index (κ2) is 7.01. The predicted molar refractivity (Wildman–Crippen MR) is 95.9 cm³/mol. The van der Waals surface area contributed by atoms with Gasteiger partial charge in [-0.3, -0.25) is 0 Å². The highest BCUT2D eigenvalue weighted by atomic mass is 16.5. The molecule has 0 spiro atoms. The third-order valence-corrected chi connectivity index (χ3v) is 3.93. The van der Waals surface area contributed by atoms with Crippen LogP contribution in [0.15, 0.2) is 89.7 Å². The first-order valence-electron chi connectivity index (χ1n) is 8.03. The highest BCUT2D eigenvalue weighted by Gasteiger charge is 2.07. The maximum atomic E-state index is 6.06. The van der Waals surface area contributed by atoms with Crippen molar-refractivity contribution in [2.24, 2.45) is 0 Å². The van der Waals surface area contributed by atoms with Gasteiger partial charge in [-0.25, -0.2) is 0 Å². The Hall–Kier alpha value is -3.40. The molecule has 0 aliphatic rings. The summed E-state index contributed by atoms with van der Waals surface area (Å²) in [6.07, 6.45) is 1.33. The average Bonchev–Trinajstić information content (AvgIpc) is 3.22. The van der Waals surface area contributed by atoms with Crippen LogP contribution in [0.2, 0.25) is 0 Å². The zero-order valence-corrected chi connectivity index (χ0v) is 13.5. The molecule has 0 atom stereocenters. The van der Waals surface area contributed by atoms with Gasteiger partial charge in [0.15, 0.2) is 0 Å². The molecule has 3 aromatic carbocycles. The molecule has 0 fully saturated rings. The van der Waals surface area contributed by atoms with Gasteiger partial charge in [-0.15, -0.1) is 10.2 Å². The lowest BCUT2D eigenvalue weighted by atomic mass is 10.0. The molecule has 4 aromatic rings. The molecule has 1 aromatic heterocycles. The van der Waals surface area contributed by atoms with Crippen molar-refractivity contribution in [3.63, 3.8) is 0 Å². The molecular weight excluding hydrogens is 312 g/mol. The molecule has 0 amide bonds. The third kappa shape index (κ3) is 3.43. The van der Waals surface area contributed by atoms with Gasteiger partial charge in [0.05, 0.1) is 0 Å². The molecule has 1 heterocycles. The molecule has 4 heteroatoms. The number of nitrogens with zero attached hydrogens (tertiary/aromatic N) is 2. The number of rotatable bonds is 5. The molecule has 4 nitrogen and oxygen atoms in total. The summed E-state index contributed by atoms with van der Waals surface area (Å²) >= 11 is 0. The van der Waals surface area contributed by atoms with Crippen molar-refractivity contribution in [3.05, 3.63) is 90.8 Å². The van der Waals surface area contributed by atoms with Gasteiger partial charge < -0.3 is 9.15 Å². The van der Waals surface area contributed by atoms with Crippen LogP contribution in [0.3, 0.4) is 0 Å². The minimum atomic E-state index is 0.494. The molecule has 0 unspecified atom stereocenters. The maximum Gasteiger partial charge on any atom is 0.247 e. The molecule has 0 N–H and O–H groups in total. The van der Waals surface area contributed by atoms with Crippen LogP contribution in [0.25, 0.3) is 22.6 Å². The Bertz CT molecular complexity index is 933. The van der Waals surface area contributed by atoms with E-state index in [0.717, 1.165) is 28.0 Å². The van der Waals surface area contributed by atoms with E-state index in [0.29, 0.717) is 12.5 Å². The van der Waals surface area contributed by atoms with Crippen LogP contribution in [0, 0.1) is 0 Å². The number of benzene rings is 3. The first kappa shape index (κ1) is 15.1. The Morgan fingerprint density at radius 3 is 2.28 bits per heavy atom. The summed E-state index contributed by atoms with van der Waals surface area (Å²) in [5, 5.41) is 7.60. The third-order valence-electron chi connectivity index (χ3n) is 3.93. The van der Waals surface area contributed by atoms with Gasteiger partial charge in [-0.2, -0.15) is 0 Å². The van der Waals surface area contributed by atoms with Gasteiger partial charge in [-0.1, -0.05) is 60.7 Å². The van der Waals surface area contributed by atoms with E-state index in [1.54, 1.807) is 0 Å². The molecule has 122 valence electrons. The molecule has 0 bridgehead atoms. The van der Waals surface area contributed by atoms with Gasteiger partial charge in [0.2, 0.25) is 12.3 Å². The van der Waals surface area contributed by atoms with Gasteiger partial charge >= 0.3 is 0 Å². The van der Waals surface area contributed by atoms with Crippen LogP contribution in [0.5, 0.6) is 5.75 Å². The molecule has 0 saturated carbocycles. The SMILES string of the molecule is c1ccc(-c2ccccc2OCc2ccc(-c3nnco3)cc2)cc1. The summed E-state index contributed by atoms with van der Waals surface area (Å²) in [7, 11) is 0. The summed E-state index contributed by atoms with van der Waals surface area (Å²) in [4.78, 5) is 0. The number of hydrogen-bond donors (Lipinski definition) is 0. The first-order chi connectivity index (χ1) is 12.4. The summed E-state index contributed by atoms with van der Waals surface area (Å²) in [5.41, 5.74) is 4.20. The Kier molecular flexibility index (Phi) is 4.25. The van der Waals surface area contributed by atoms with Gasteiger partial charge in [-0.05, 0) is 29.3 Å². The lowest BCUT2D eigenvalue weighted by Crippen LogP contribution is -1.97. The Morgan fingerprint density at radius 1 is 0.760 bits per heavy atom. The second-order valence-corrected chi connectivity index (χ2v) is 5.59. The van der Waals surface area contributed by atoms with E-state index in [-0.39, 0.29) is 0 Å². The van der Waals surface area contributed by atoms with Crippen LogP contribution >= 0.6 is 0 Å². The minimum Gasteiger partial charge on any atom is -0.488 e. The van der Waals surface area contributed by atoms with Crippen molar-refractivity contribution in [2.45, 2.75) is 6.61 Å². The van der Waals surface area contributed by atoms with E-state index in [1.165, 1.54) is 6.39 Å². The zero-order valence-electron chi connectivity index (χ0n) is 13.5. The van der Waals surface area contributed by atoms with E-state index in [2.05, 4.69) is 28.4 Å². The fraction of sp³-hybridized carbons (Fsp3) is 0.0476. The fourth-order valence-electron chi connectivity index (χ4n) is 2.65. The van der Waals surface area contributed by atoms with Crippen LogP contribution in [-0.2, 0) is 6.61 Å². The lowest BCUT2D eigenvalue weighted by molar-refractivity contribution is 0.307. The van der Waals surface area contributed by atoms with Crippen LogP contribution in [0.4, 0.5) is 0 Å². The summed E-state index contributed by atoms with van der Waals surface area (Å²) in [6.45, 7) is 0.494. The fourth-order valence-corrected chi connectivity index (χ4v) is 2.65. The molecule has 25 heavy (non-hydrogen) atoms. The monoisotopic (exact) mass is 328 g/mol. The van der Waals surface area contributed by atoms with E-state index in [4.69, 9.17) is 9.15 Å². The number of aromatic nitrogens is 2. The molecular formula is C21H16N2O2. The molecule has 4 rings (SSSR count). The lowest BCUT2D eigenvalue weighted by Gasteiger charge is -2.12. The summed E-state index contributed by atoms with van der Waals surface area (Å²) in [5.74, 6) is 1.39. The van der Waals surface area contributed by atoms with Crippen molar-refractivity contribution in [2.75, 3.05) is 0 Å². The van der Waals surface area contributed by atoms with Crippen molar-refractivity contribution >= 4 is 0 Å². The molecule has 0 saturated heterocycles. The summed E-state index contributed by atoms with van der Waals surface area (Å²) < 4.78 is 11.3. The van der Waals surface area contributed by atoms with E-state index in [9.17, 15) is 0 Å². The minimum absolute atomic E-state index is 0.494. The summed E-state index contributed by atoms with van der Waals surface area (Å²) in [6, 6.07) is 26.2. The van der Waals surface area contributed by atoms with Crippen LogP contribution in [0.1, 0.15) is 5.56 Å². The second-order valence-electron chi connectivity index (χ2n) is 5.59. The highest BCUT2D eigenvalue weighted by Crippen LogP contribution is 2.30. The molecule has 0 radical (unpaired) electrons. The van der Waals surface area contributed by atoms with Gasteiger partial charge in [0.1, 0.15) is 12.4 Å². The smallest absolute Gasteiger partial charge is 0.247 e. The van der Waals surface area contributed by atoms with Gasteiger partial charge in [0.25, 0.3) is 0 Å². The Morgan fingerprint density at radius 2 is 1.52 bits per heavy atom. The average molecular weight is 328 g/mol. The first-order valence-corrected chi connectivity index (χ1v) is 8.03. The predicted octanol–water partition coefficient (Wildman–Crippen LogP) is 4.98. The number of para-hydroxylation sites is 1. The Balaban J connectivity index is 1.50. The normalized spacial score (nSPS) is 10.6. The van der Waals surface area contributed by atoms with Crippen molar-refractivity contribution < 1.29 is 9.15 Å². The highest BCUT2D eigenvalue weighted by molar-refractivity contribution is 5.70. The largest absolute Gasteiger partial charge is 0.488 e. The molecule has 0 aliphatic heterocycles. The van der Waals surface area contributed by atoms with E-state index < -0.39 is 0 Å². The standard InChI is InChI=1S/C21H16N2O2/c1-2-6-17(7-3-1)19-8-4-5-9-20(19)24-14-16-10-12-18(13-11-16)21-23-22-15-25-21/h1-13,15H,14H2. The topological polar surface area (TPSA) is 48.2 Å². The Labute approximate surface area is 145 Å². The van der Waals surface area contributed by atoms with Crippen LogP contribution in [-0.4, -0.2) is 10.2 Å². The van der Waals surface area contributed by atoms with Crippen molar-refractivity contribution in [1.82, 2.24) is 10.2 Å². The quantitative estimate of drug-likeness (QED) is 0.518. The van der Waals surface area contributed by atoms with E-state index in [1.807, 2.05) is 60.7 Å². The van der Waals surface area contributed by atoms with Crippen LogP contribution < -0.4 is 4.74 Å².